The Bertz CT molecular complexity index is 444. The summed E-state index contributed by atoms with van der Waals surface area (Å²) in [5, 5.41) is 0. The number of hydrogen-bond acceptors (Lipinski definition) is 1. The Labute approximate surface area is 155 Å². The van der Waals surface area contributed by atoms with E-state index in [-0.39, 0.29) is 37.2 Å². The summed E-state index contributed by atoms with van der Waals surface area (Å²) < 4.78 is 1.65. The average Bonchev–Trinajstić information content (AvgIpc) is 2.73. The van der Waals surface area contributed by atoms with Crippen molar-refractivity contribution in [1.82, 2.24) is 4.90 Å². The first-order chi connectivity index (χ1) is 8.18. The van der Waals surface area contributed by atoms with Gasteiger partial charge in [0, 0.05) is 0 Å². The molecule has 0 aromatic heterocycles. The van der Waals surface area contributed by atoms with Gasteiger partial charge >= 0.3 is 119 Å². The molecule has 0 heterocycles. The van der Waals surface area contributed by atoms with E-state index in [2.05, 4.69) is 61.5 Å². The predicted octanol–water partition coefficient (Wildman–Crippen LogP) is 4.36. The molecular formula is C15H21Cl3HfN. The average molecular weight is 500 g/mol. The van der Waals surface area contributed by atoms with E-state index in [1.807, 2.05) is 0 Å². The van der Waals surface area contributed by atoms with Crippen molar-refractivity contribution in [2.75, 3.05) is 20.6 Å². The van der Waals surface area contributed by atoms with E-state index in [9.17, 15) is 0 Å². The minimum absolute atomic E-state index is 0. The second-order valence-electron chi connectivity index (χ2n) is 4.77. The molecule has 2 rings (SSSR count). The molecular weight excluding hydrogens is 479 g/mol. The number of likely N-dealkylation sites (N-methyl/N-ethyl adjacent to an activating group) is 1. The Balaban J connectivity index is 0. The first kappa shape index (κ1) is 22.7. The molecule has 20 heavy (non-hydrogen) atoms. The first-order valence-corrected chi connectivity index (χ1v) is 7.79. The fourth-order valence-corrected chi connectivity index (χ4v) is 3.63. The van der Waals surface area contributed by atoms with Crippen molar-refractivity contribution in [3.05, 3.63) is 57.0 Å². The van der Waals surface area contributed by atoms with Crippen LogP contribution in [0.15, 0.2) is 51.4 Å². The van der Waals surface area contributed by atoms with E-state index < -0.39 is 0 Å². The van der Waals surface area contributed by atoms with Crippen LogP contribution < -0.4 is 0 Å². The molecule has 1 aromatic carbocycles. The molecule has 1 unspecified atom stereocenters. The molecule has 1 atom stereocenters. The molecule has 111 valence electrons. The van der Waals surface area contributed by atoms with Crippen LogP contribution in [0.5, 0.6) is 0 Å². The number of nitrogens with zero attached hydrogens (tertiary/aromatic N) is 1. The van der Waals surface area contributed by atoms with Crippen LogP contribution in [0.4, 0.5) is 0 Å². The zero-order valence-electron chi connectivity index (χ0n) is 11.7. The number of benzene rings is 1. The normalized spacial score (nSPS) is 14.3. The second kappa shape index (κ2) is 11.0. The van der Waals surface area contributed by atoms with E-state index in [1.165, 1.54) is 36.4 Å². The second-order valence-corrected chi connectivity index (χ2v) is 6.93. The van der Waals surface area contributed by atoms with Crippen LogP contribution in [0.3, 0.4) is 0 Å². The van der Waals surface area contributed by atoms with Crippen LogP contribution in [-0.2, 0) is 24.4 Å². The standard InChI is InChI=1S/C15H18N.3ClH.Hf/c1-16(2)12-15(14-10-6-7-11-14)13-8-4-3-5-9-13;;;;/h3-6,8-10,15H,7,12H2,1-2H3;3*1H;. The molecule has 0 aliphatic heterocycles. The Morgan fingerprint density at radius 2 is 1.70 bits per heavy atom. The monoisotopic (exact) mass is 500 g/mol. The van der Waals surface area contributed by atoms with E-state index in [0.29, 0.717) is 5.92 Å². The van der Waals surface area contributed by atoms with Gasteiger partial charge in [-0.2, -0.15) is 0 Å². The van der Waals surface area contributed by atoms with Crippen LogP contribution in [0.2, 0.25) is 0 Å². The quantitative estimate of drug-likeness (QED) is 0.556. The van der Waals surface area contributed by atoms with Gasteiger partial charge in [-0.1, -0.05) is 0 Å². The fourth-order valence-electron chi connectivity index (χ4n) is 2.28. The molecule has 0 amide bonds. The van der Waals surface area contributed by atoms with Crippen LogP contribution in [0.25, 0.3) is 0 Å². The van der Waals surface area contributed by atoms with Gasteiger partial charge in [0.2, 0.25) is 0 Å². The molecule has 0 fully saturated rings. The Hall–Kier alpha value is 0.400. The minimum atomic E-state index is 0. The molecule has 0 saturated carbocycles. The summed E-state index contributed by atoms with van der Waals surface area (Å²) in [6.07, 6.45) is 5.82. The third kappa shape index (κ3) is 6.03. The molecule has 0 saturated heterocycles. The first-order valence-electron chi connectivity index (χ1n) is 5.99. The topological polar surface area (TPSA) is 3.24 Å². The Kier molecular flexibility index (Phi) is 12.5. The molecule has 5 heteroatoms. The van der Waals surface area contributed by atoms with Crippen molar-refractivity contribution in [2.24, 2.45) is 0 Å². The van der Waals surface area contributed by atoms with E-state index in [4.69, 9.17) is 0 Å². The zero-order valence-corrected chi connectivity index (χ0v) is 17.7. The molecule has 0 spiro atoms. The predicted molar refractivity (Wildman–Crippen MR) is 90.3 cm³/mol. The van der Waals surface area contributed by atoms with Crippen LogP contribution in [0, 0.1) is 0 Å². The summed E-state index contributed by atoms with van der Waals surface area (Å²) in [4.78, 5) is 2.28. The van der Waals surface area contributed by atoms with Gasteiger partial charge in [0.15, 0.2) is 0 Å². The molecule has 1 nitrogen and oxygen atoms in total. The SMILES string of the molecule is CN(C)CC(C1=[C]([Hf])CC=C1)c1ccccc1.Cl.Cl.Cl. The van der Waals surface area contributed by atoms with Gasteiger partial charge in [-0.05, 0) is 0 Å². The summed E-state index contributed by atoms with van der Waals surface area (Å²) in [6, 6.07) is 10.9. The van der Waals surface area contributed by atoms with Crippen molar-refractivity contribution in [3.63, 3.8) is 0 Å². The maximum absolute atomic E-state index is 2.34. The summed E-state index contributed by atoms with van der Waals surface area (Å²) in [6.45, 7) is 1.09. The van der Waals surface area contributed by atoms with Crippen molar-refractivity contribution in [1.29, 1.82) is 0 Å². The molecule has 1 aromatic rings. The molecule has 1 aliphatic carbocycles. The summed E-state index contributed by atoms with van der Waals surface area (Å²) >= 11 is 1.18. The van der Waals surface area contributed by atoms with Gasteiger partial charge in [0.05, 0.1) is 0 Å². The summed E-state index contributed by atoms with van der Waals surface area (Å²) in [5.41, 5.74) is 3.01. The van der Waals surface area contributed by atoms with Crippen LogP contribution in [0.1, 0.15) is 17.9 Å². The van der Waals surface area contributed by atoms with E-state index in [0.717, 1.165) is 6.54 Å². The zero-order chi connectivity index (χ0) is 12.3. The third-order valence-corrected chi connectivity index (χ3v) is 4.86. The van der Waals surface area contributed by atoms with Gasteiger partial charge in [0.1, 0.15) is 0 Å². The summed E-state index contributed by atoms with van der Waals surface area (Å²) in [7, 11) is 4.31. The molecule has 1 aliphatic rings. The van der Waals surface area contributed by atoms with Gasteiger partial charge in [-0.15, -0.1) is 37.2 Å². The maximum Gasteiger partial charge on any atom is -0.147 e. The van der Waals surface area contributed by atoms with E-state index in [1.54, 1.807) is 8.90 Å². The number of allylic oxidation sites excluding steroid dienone is 3. The van der Waals surface area contributed by atoms with Gasteiger partial charge in [-0.3, -0.25) is 0 Å². The Morgan fingerprint density at radius 3 is 2.15 bits per heavy atom. The molecule has 0 bridgehead atoms. The van der Waals surface area contributed by atoms with Crippen molar-refractivity contribution >= 4 is 37.2 Å². The largest absolute Gasteiger partial charge is 0.147 e. The van der Waals surface area contributed by atoms with Crippen molar-refractivity contribution in [2.45, 2.75) is 12.3 Å². The smallest absolute Gasteiger partial charge is 0.147 e. The van der Waals surface area contributed by atoms with Crippen LogP contribution in [-0.4, -0.2) is 25.5 Å². The van der Waals surface area contributed by atoms with Gasteiger partial charge in [-0.25, -0.2) is 0 Å². The fraction of sp³-hybridized carbons (Fsp3) is 0.333. The van der Waals surface area contributed by atoms with E-state index >= 15 is 0 Å². The summed E-state index contributed by atoms with van der Waals surface area (Å²) in [5.74, 6) is 0.539. The third-order valence-electron chi connectivity index (χ3n) is 3.09. The van der Waals surface area contributed by atoms with Gasteiger partial charge in [0.25, 0.3) is 0 Å². The van der Waals surface area contributed by atoms with Gasteiger partial charge < -0.3 is 0 Å². The van der Waals surface area contributed by atoms with Crippen molar-refractivity contribution < 1.29 is 24.4 Å². The van der Waals surface area contributed by atoms with Crippen molar-refractivity contribution in [3.8, 4) is 0 Å². The molecule has 0 radical (unpaired) electrons. The number of hydrogen-bond donors (Lipinski definition) is 0. The minimum Gasteiger partial charge on any atom is -0.147 e. The maximum atomic E-state index is 2.34. The Morgan fingerprint density at radius 1 is 1.10 bits per heavy atom. The number of rotatable bonds is 4. The molecule has 0 N–H and O–H groups in total. The van der Waals surface area contributed by atoms with Crippen LogP contribution >= 0.6 is 37.2 Å². The number of halogens is 3.